The highest BCUT2D eigenvalue weighted by Gasteiger charge is 2.27. The number of nitrogens with zero attached hydrogens (tertiary/aromatic N) is 1. The number of benzene rings is 1. The van der Waals surface area contributed by atoms with Gasteiger partial charge in [-0.1, -0.05) is 25.3 Å². The molecule has 2 heterocycles. The lowest BCUT2D eigenvalue weighted by Gasteiger charge is -2.26. The van der Waals surface area contributed by atoms with Gasteiger partial charge >= 0.3 is 0 Å². The molecule has 0 radical (unpaired) electrons. The predicted octanol–water partition coefficient (Wildman–Crippen LogP) is 3.11. The van der Waals surface area contributed by atoms with Gasteiger partial charge in [-0.05, 0) is 69.3 Å². The Morgan fingerprint density at radius 2 is 1.76 bits per heavy atom. The van der Waals surface area contributed by atoms with Gasteiger partial charge in [0.1, 0.15) is 13.2 Å². The summed E-state index contributed by atoms with van der Waals surface area (Å²) in [5.41, 5.74) is 1.10. The van der Waals surface area contributed by atoms with Gasteiger partial charge in [-0.15, -0.1) is 0 Å². The molecule has 1 N–H and O–H groups in total. The van der Waals surface area contributed by atoms with Gasteiger partial charge in [0.15, 0.2) is 21.3 Å². The normalized spacial score (nSPS) is 20.5. The maximum Gasteiger partial charge on any atom is 0.220 e. The molecule has 1 amide bonds. The van der Waals surface area contributed by atoms with Gasteiger partial charge in [0.05, 0.1) is 11.0 Å². The number of carbonyl (C=O) groups is 1. The fraction of sp³-hybridized carbons (Fsp3) is 0.720. The van der Waals surface area contributed by atoms with Gasteiger partial charge in [-0.25, -0.2) is 8.42 Å². The van der Waals surface area contributed by atoms with Gasteiger partial charge < -0.3 is 19.7 Å². The van der Waals surface area contributed by atoms with Crippen LogP contribution in [0.25, 0.3) is 0 Å². The van der Waals surface area contributed by atoms with Crippen molar-refractivity contribution in [3.8, 4) is 11.5 Å². The highest BCUT2D eigenvalue weighted by atomic mass is 32.2. The van der Waals surface area contributed by atoms with Crippen LogP contribution in [0.3, 0.4) is 0 Å². The Kier molecular flexibility index (Phi) is 8.52. The second kappa shape index (κ2) is 11.6. The summed E-state index contributed by atoms with van der Waals surface area (Å²) in [6, 6.07) is 5.96. The van der Waals surface area contributed by atoms with Crippen LogP contribution >= 0.6 is 0 Å². The number of rotatable bonds is 10. The maximum absolute atomic E-state index is 12.7. The van der Waals surface area contributed by atoms with Crippen LogP contribution in [0, 0.1) is 0 Å². The molecule has 1 atom stereocenters. The number of hydrogen-bond acceptors (Lipinski definition) is 6. The van der Waals surface area contributed by atoms with Crippen LogP contribution in [-0.4, -0.2) is 69.1 Å². The summed E-state index contributed by atoms with van der Waals surface area (Å²) in [5, 5.41) is 2.99. The maximum atomic E-state index is 12.7. The van der Waals surface area contributed by atoms with Gasteiger partial charge in [-0.3, -0.25) is 4.79 Å². The summed E-state index contributed by atoms with van der Waals surface area (Å²) < 4.78 is 36.6. The number of likely N-dealkylation sites (tertiary alicyclic amines) is 1. The lowest BCUT2D eigenvalue weighted by atomic mass is 10.0. The second-order valence-corrected chi connectivity index (χ2v) is 12.1. The second-order valence-electron chi connectivity index (χ2n) is 9.68. The number of nitrogens with one attached hydrogen (secondary N) is 1. The van der Waals surface area contributed by atoms with Crippen LogP contribution in [0.15, 0.2) is 18.2 Å². The summed E-state index contributed by atoms with van der Waals surface area (Å²) in [7, 11) is -3.10. The first-order chi connectivity index (χ1) is 16.0. The molecule has 0 unspecified atom stereocenters. The summed E-state index contributed by atoms with van der Waals surface area (Å²) in [4.78, 5) is 15.1. The number of hydrogen-bond donors (Lipinski definition) is 1. The van der Waals surface area contributed by atoms with Crippen LogP contribution in [0.4, 0.5) is 0 Å². The zero-order valence-corrected chi connectivity index (χ0v) is 20.4. The predicted molar refractivity (Wildman–Crippen MR) is 129 cm³/mol. The molecule has 1 aromatic rings. The van der Waals surface area contributed by atoms with E-state index in [0.717, 1.165) is 68.8 Å². The molecule has 3 aliphatic rings. The molecule has 1 saturated heterocycles. The standard InChI is InChI=1S/C25H38N2O5S/c28-25(9-6-16-33(29,30)22-7-2-1-3-8-22)26-21(19-27-12-4-5-13-27)17-20-10-11-23-24(18-20)32-15-14-31-23/h10-11,18,21-22H,1-9,12-17,19H2,(H,26,28)/t21-/m0/s1. The average molecular weight is 479 g/mol. The molecule has 184 valence electrons. The lowest BCUT2D eigenvalue weighted by molar-refractivity contribution is -0.121. The molecular weight excluding hydrogens is 440 g/mol. The molecule has 8 heteroatoms. The van der Waals surface area contributed by atoms with Crippen LogP contribution < -0.4 is 14.8 Å². The van der Waals surface area contributed by atoms with E-state index in [4.69, 9.17) is 9.47 Å². The fourth-order valence-electron chi connectivity index (χ4n) is 5.26. The van der Waals surface area contributed by atoms with E-state index in [9.17, 15) is 13.2 Å². The molecule has 2 fully saturated rings. The van der Waals surface area contributed by atoms with Crippen molar-refractivity contribution in [1.29, 1.82) is 0 Å². The Balaban J connectivity index is 1.31. The summed E-state index contributed by atoms with van der Waals surface area (Å²) in [6.45, 7) is 4.05. The van der Waals surface area contributed by atoms with Crippen molar-refractivity contribution in [3.63, 3.8) is 0 Å². The molecule has 0 aromatic heterocycles. The van der Waals surface area contributed by atoms with Crippen molar-refractivity contribution >= 4 is 15.7 Å². The zero-order chi connectivity index (χ0) is 23.1. The molecule has 4 rings (SSSR count). The minimum atomic E-state index is -3.10. The van der Waals surface area contributed by atoms with E-state index in [1.807, 2.05) is 18.2 Å². The summed E-state index contributed by atoms with van der Waals surface area (Å²) >= 11 is 0. The van der Waals surface area contributed by atoms with Crippen LogP contribution in [0.1, 0.15) is 63.4 Å². The van der Waals surface area contributed by atoms with Gasteiger partial charge in [0.2, 0.25) is 5.91 Å². The Morgan fingerprint density at radius 3 is 2.52 bits per heavy atom. The van der Waals surface area contributed by atoms with E-state index in [1.165, 1.54) is 12.8 Å². The van der Waals surface area contributed by atoms with Crippen molar-refractivity contribution < 1.29 is 22.7 Å². The lowest BCUT2D eigenvalue weighted by Crippen LogP contribution is -2.44. The number of fused-ring (bicyclic) bond motifs is 1. The van der Waals surface area contributed by atoms with E-state index >= 15 is 0 Å². The molecule has 1 aromatic carbocycles. The summed E-state index contributed by atoms with van der Waals surface area (Å²) in [6.07, 6.45) is 8.45. The van der Waals surface area contributed by atoms with Crippen molar-refractivity contribution in [2.24, 2.45) is 0 Å². The highest BCUT2D eigenvalue weighted by Crippen LogP contribution is 2.31. The zero-order valence-electron chi connectivity index (χ0n) is 19.6. The molecule has 7 nitrogen and oxygen atoms in total. The quantitative estimate of drug-likeness (QED) is 0.556. The first-order valence-corrected chi connectivity index (χ1v) is 14.3. The molecule has 0 spiro atoms. The topological polar surface area (TPSA) is 84.9 Å². The van der Waals surface area contributed by atoms with Crippen LogP contribution in [0.2, 0.25) is 0 Å². The van der Waals surface area contributed by atoms with E-state index in [-0.39, 0.29) is 29.4 Å². The molecule has 2 aliphatic heterocycles. The molecule has 0 bridgehead atoms. The third-order valence-corrected chi connectivity index (χ3v) is 9.37. The number of amides is 1. The highest BCUT2D eigenvalue weighted by molar-refractivity contribution is 7.92. The minimum absolute atomic E-state index is 0.0203. The first-order valence-electron chi connectivity index (χ1n) is 12.6. The van der Waals surface area contributed by atoms with Gasteiger partial charge in [0, 0.05) is 19.0 Å². The first kappa shape index (κ1) is 24.3. The van der Waals surface area contributed by atoms with Crippen molar-refractivity contribution in [2.45, 2.75) is 75.5 Å². The number of carbonyl (C=O) groups excluding carboxylic acids is 1. The van der Waals surface area contributed by atoms with E-state index in [1.54, 1.807) is 0 Å². The Labute approximate surface area is 198 Å². The molecule has 1 aliphatic carbocycles. The van der Waals surface area contributed by atoms with E-state index in [2.05, 4.69) is 10.2 Å². The van der Waals surface area contributed by atoms with Gasteiger partial charge in [0.25, 0.3) is 0 Å². The third-order valence-electron chi connectivity index (χ3n) is 7.02. The average Bonchev–Trinajstić information content (AvgIpc) is 3.32. The number of ether oxygens (including phenoxy) is 2. The van der Waals surface area contributed by atoms with Crippen LogP contribution in [0.5, 0.6) is 11.5 Å². The van der Waals surface area contributed by atoms with Crippen molar-refractivity contribution in [2.75, 3.05) is 38.6 Å². The monoisotopic (exact) mass is 478 g/mol. The van der Waals surface area contributed by atoms with Gasteiger partial charge in [-0.2, -0.15) is 0 Å². The minimum Gasteiger partial charge on any atom is -0.486 e. The fourth-order valence-corrected chi connectivity index (χ4v) is 7.19. The molecule has 33 heavy (non-hydrogen) atoms. The van der Waals surface area contributed by atoms with E-state index < -0.39 is 9.84 Å². The van der Waals surface area contributed by atoms with Crippen molar-refractivity contribution in [3.05, 3.63) is 23.8 Å². The Morgan fingerprint density at radius 1 is 1.03 bits per heavy atom. The summed E-state index contributed by atoms with van der Waals surface area (Å²) in [5.74, 6) is 1.59. The largest absolute Gasteiger partial charge is 0.486 e. The molecule has 1 saturated carbocycles. The Hall–Kier alpha value is -1.80. The van der Waals surface area contributed by atoms with Crippen LogP contribution in [-0.2, 0) is 21.1 Å². The Bertz CT molecular complexity index is 892. The SMILES string of the molecule is O=C(CCCS(=O)(=O)C1CCCCC1)N[C@@H](Cc1ccc2c(c1)OCCO2)CN1CCCC1. The van der Waals surface area contributed by atoms with Crippen molar-refractivity contribution in [1.82, 2.24) is 10.2 Å². The molecular formula is C25H38N2O5S. The number of sulfone groups is 1. The third kappa shape index (κ3) is 7.09. The smallest absolute Gasteiger partial charge is 0.220 e. The van der Waals surface area contributed by atoms with E-state index in [0.29, 0.717) is 26.1 Å².